The quantitative estimate of drug-likeness (QED) is 0.472. The van der Waals surface area contributed by atoms with Crippen LogP contribution in [-0.2, 0) is 25.9 Å². The number of benzene rings is 3. The molecule has 33 heavy (non-hydrogen) atoms. The van der Waals surface area contributed by atoms with Crippen molar-refractivity contribution in [3.63, 3.8) is 0 Å². The monoisotopic (exact) mass is 442 g/mol. The van der Waals surface area contributed by atoms with Gasteiger partial charge in [-0.1, -0.05) is 54.6 Å². The second kappa shape index (κ2) is 10.9. The van der Waals surface area contributed by atoms with Crippen LogP contribution in [0.15, 0.2) is 72.8 Å². The largest absolute Gasteiger partial charge is 0.478 e. The summed E-state index contributed by atoms with van der Waals surface area (Å²) in [6.07, 6.45) is 3.88. The van der Waals surface area contributed by atoms with Crippen LogP contribution in [0, 0.1) is 0 Å². The number of carbonyl (C=O) groups excluding carboxylic acids is 1. The number of hydrogen-bond acceptors (Lipinski definition) is 3. The van der Waals surface area contributed by atoms with Crippen LogP contribution in [0.3, 0.4) is 0 Å². The minimum atomic E-state index is -0.902. The smallest absolute Gasteiger partial charge is 0.335 e. The molecule has 1 aliphatic heterocycles. The average Bonchev–Trinajstić information content (AvgIpc) is 2.84. The van der Waals surface area contributed by atoms with Crippen molar-refractivity contribution in [3.05, 3.63) is 106 Å². The Morgan fingerprint density at radius 1 is 0.909 bits per heavy atom. The molecule has 4 rings (SSSR count). The molecule has 0 saturated carbocycles. The molecule has 2 N–H and O–H groups in total. The van der Waals surface area contributed by atoms with E-state index in [0.717, 1.165) is 43.4 Å². The summed E-state index contributed by atoms with van der Waals surface area (Å²) >= 11 is 0. The molecule has 1 aliphatic rings. The zero-order valence-electron chi connectivity index (χ0n) is 18.8. The van der Waals surface area contributed by atoms with Crippen molar-refractivity contribution in [2.45, 2.75) is 38.8 Å². The number of carboxylic acids is 1. The molecular weight excluding hydrogens is 412 g/mol. The Labute approximate surface area is 195 Å². The van der Waals surface area contributed by atoms with Gasteiger partial charge in [0.1, 0.15) is 0 Å². The van der Waals surface area contributed by atoms with E-state index in [2.05, 4.69) is 34.5 Å². The van der Waals surface area contributed by atoms with Gasteiger partial charge in [0, 0.05) is 31.7 Å². The third-order valence-corrected chi connectivity index (χ3v) is 6.22. The third kappa shape index (κ3) is 6.08. The maximum absolute atomic E-state index is 12.9. The molecule has 0 spiro atoms. The summed E-state index contributed by atoms with van der Waals surface area (Å²) in [4.78, 5) is 26.5. The molecule has 0 aliphatic carbocycles. The van der Waals surface area contributed by atoms with Crippen LogP contribution in [-0.4, -0.2) is 35.0 Å². The zero-order valence-corrected chi connectivity index (χ0v) is 18.8. The molecule has 0 radical (unpaired) electrons. The van der Waals surface area contributed by atoms with Gasteiger partial charge in [0.2, 0.25) is 0 Å². The Morgan fingerprint density at radius 3 is 2.52 bits per heavy atom. The first-order valence-corrected chi connectivity index (χ1v) is 11.6. The number of aryl methyl sites for hydroxylation is 1. The first kappa shape index (κ1) is 22.7. The van der Waals surface area contributed by atoms with Crippen molar-refractivity contribution >= 4 is 11.9 Å². The van der Waals surface area contributed by atoms with Gasteiger partial charge in [-0.25, -0.2) is 4.79 Å². The number of hydrogen-bond donors (Lipinski definition) is 2. The van der Waals surface area contributed by atoms with Crippen molar-refractivity contribution < 1.29 is 14.7 Å². The maximum Gasteiger partial charge on any atom is 0.335 e. The van der Waals surface area contributed by atoms with E-state index in [0.29, 0.717) is 30.8 Å². The number of fused-ring (bicyclic) bond motifs is 1. The van der Waals surface area contributed by atoms with E-state index >= 15 is 0 Å². The Morgan fingerprint density at radius 2 is 1.70 bits per heavy atom. The second-order valence-corrected chi connectivity index (χ2v) is 8.61. The molecular formula is C28H30N2O3. The summed E-state index contributed by atoms with van der Waals surface area (Å²) in [6, 6.07) is 23.5. The van der Waals surface area contributed by atoms with Crippen LogP contribution >= 0.6 is 0 Å². The average molecular weight is 443 g/mol. The van der Waals surface area contributed by atoms with E-state index in [4.69, 9.17) is 0 Å². The second-order valence-electron chi connectivity index (χ2n) is 8.61. The molecule has 0 fully saturated rings. The standard InChI is InChI=1S/C28H30N2O3/c31-27(29-16-7-6-10-21-8-2-1-3-9-21)26-12-5-4-11-24(26)19-30-17-15-22-13-14-23(28(32)33)18-25(22)20-30/h1-5,8-9,11-14,18H,6-7,10,15-17,19-20H2,(H,29,31)(H,32,33). The Bertz CT molecular complexity index is 1110. The molecule has 0 unspecified atom stereocenters. The maximum atomic E-state index is 12.9. The van der Waals surface area contributed by atoms with Crippen LogP contribution in [0.4, 0.5) is 0 Å². The first-order chi connectivity index (χ1) is 16.1. The number of rotatable bonds is 9. The van der Waals surface area contributed by atoms with Crippen molar-refractivity contribution in [2.75, 3.05) is 13.1 Å². The fourth-order valence-electron chi connectivity index (χ4n) is 4.40. The fourth-order valence-corrected chi connectivity index (χ4v) is 4.40. The summed E-state index contributed by atoms with van der Waals surface area (Å²) < 4.78 is 0. The highest BCUT2D eigenvalue weighted by atomic mass is 16.4. The van der Waals surface area contributed by atoms with Gasteiger partial charge < -0.3 is 10.4 Å². The van der Waals surface area contributed by atoms with Gasteiger partial charge in [0.15, 0.2) is 0 Å². The number of nitrogens with zero attached hydrogens (tertiary/aromatic N) is 1. The molecule has 3 aromatic carbocycles. The van der Waals surface area contributed by atoms with Crippen molar-refractivity contribution in [1.29, 1.82) is 0 Å². The Kier molecular flexibility index (Phi) is 7.53. The van der Waals surface area contributed by atoms with E-state index in [9.17, 15) is 14.7 Å². The molecule has 0 saturated heterocycles. The molecule has 1 amide bonds. The lowest BCUT2D eigenvalue weighted by Crippen LogP contribution is -2.32. The van der Waals surface area contributed by atoms with Crippen molar-refractivity contribution in [1.82, 2.24) is 10.2 Å². The van der Waals surface area contributed by atoms with Crippen LogP contribution in [0.2, 0.25) is 0 Å². The molecule has 0 atom stereocenters. The van der Waals surface area contributed by atoms with Crippen molar-refractivity contribution in [2.24, 2.45) is 0 Å². The summed E-state index contributed by atoms with van der Waals surface area (Å²) in [5.74, 6) is -0.934. The number of unbranched alkanes of at least 4 members (excludes halogenated alkanes) is 1. The van der Waals surface area contributed by atoms with Crippen LogP contribution < -0.4 is 5.32 Å². The number of aromatic carboxylic acids is 1. The Hall–Kier alpha value is -3.44. The Balaban J connectivity index is 1.32. The van der Waals surface area contributed by atoms with Gasteiger partial charge >= 0.3 is 5.97 Å². The lowest BCUT2D eigenvalue weighted by molar-refractivity contribution is 0.0696. The molecule has 3 aromatic rings. The minimum absolute atomic E-state index is 0.0316. The number of amides is 1. The lowest BCUT2D eigenvalue weighted by atomic mass is 9.96. The fraction of sp³-hybridized carbons (Fsp3) is 0.286. The van der Waals surface area contributed by atoms with E-state index in [1.54, 1.807) is 12.1 Å². The summed E-state index contributed by atoms with van der Waals surface area (Å²) in [6.45, 7) is 2.89. The highest BCUT2D eigenvalue weighted by Crippen LogP contribution is 2.23. The van der Waals surface area contributed by atoms with Crippen LogP contribution in [0.1, 0.15) is 55.8 Å². The van der Waals surface area contributed by atoms with Crippen LogP contribution in [0.25, 0.3) is 0 Å². The van der Waals surface area contributed by atoms with Gasteiger partial charge in [-0.15, -0.1) is 0 Å². The van der Waals surface area contributed by atoms with Gasteiger partial charge in [-0.05, 0) is 66.1 Å². The van der Waals surface area contributed by atoms with Gasteiger partial charge in [-0.2, -0.15) is 0 Å². The minimum Gasteiger partial charge on any atom is -0.478 e. The van der Waals surface area contributed by atoms with Crippen molar-refractivity contribution in [3.8, 4) is 0 Å². The summed E-state index contributed by atoms with van der Waals surface area (Å²) in [5, 5.41) is 12.4. The third-order valence-electron chi connectivity index (χ3n) is 6.22. The summed E-state index contributed by atoms with van der Waals surface area (Å²) in [7, 11) is 0. The topological polar surface area (TPSA) is 69.6 Å². The predicted molar refractivity (Wildman–Crippen MR) is 129 cm³/mol. The molecule has 170 valence electrons. The van der Waals surface area contributed by atoms with E-state index < -0.39 is 5.97 Å². The van der Waals surface area contributed by atoms with Gasteiger partial charge in [0.05, 0.1) is 5.56 Å². The van der Waals surface area contributed by atoms with Crippen LogP contribution in [0.5, 0.6) is 0 Å². The normalized spacial score (nSPS) is 13.3. The summed E-state index contributed by atoms with van der Waals surface area (Å²) in [5.41, 5.74) is 5.62. The number of carbonyl (C=O) groups is 2. The van der Waals surface area contributed by atoms with E-state index in [1.165, 1.54) is 11.1 Å². The zero-order chi connectivity index (χ0) is 23.0. The lowest BCUT2D eigenvalue weighted by Gasteiger charge is -2.29. The molecule has 1 heterocycles. The molecule has 5 heteroatoms. The molecule has 5 nitrogen and oxygen atoms in total. The SMILES string of the molecule is O=C(O)c1ccc2c(c1)CN(Cc1ccccc1C(=O)NCCCCc1ccccc1)CC2. The van der Waals surface area contributed by atoms with Gasteiger partial charge in [0.25, 0.3) is 5.91 Å². The highest BCUT2D eigenvalue weighted by molar-refractivity contribution is 5.95. The van der Waals surface area contributed by atoms with Gasteiger partial charge in [-0.3, -0.25) is 9.69 Å². The van der Waals surface area contributed by atoms with E-state index in [-0.39, 0.29) is 5.91 Å². The number of carboxylic acid groups (broad SMARTS) is 1. The predicted octanol–water partition coefficient (Wildman–Crippen LogP) is 4.70. The van der Waals surface area contributed by atoms with E-state index in [1.807, 2.05) is 36.4 Å². The molecule has 0 bridgehead atoms. The highest BCUT2D eigenvalue weighted by Gasteiger charge is 2.20. The first-order valence-electron chi connectivity index (χ1n) is 11.6. The molecule has 0 aromatic heterocycles. The number of nitrogens with one attached hydrogen (secondary N) is 1.